The maximum absolute atomic E-state index is 12.1. The zero-order chi connectivity index (χ0) is 20.6. The summed E-state index contributed by atoms with van der Waals surface area (Å²) in [4.78, 5) is 28.7. The van der Waals surface area contributed by atoms with Crippen LogP contribution in [0.4, 0.5) is 10.5 Å². The standard InChI is InChI=1S/C21H34N4O3/c1-21(2,3)28-20(27)23-18-8-6-17(7-9-18)16-19(26)22-10-5-11-25-14-12-24(4)13-15-25/h6-9H,5,10-16H2,1-4H3,(H,22,26)(H,23,27). The molecule has 156 valence electrons. The molecule has 7 heteroatoms. The van der Waals surface area contributed by atoms with E-state index in [9.17, 15) is 9.59 Å². The predicted octanol–water partition coefficient (Wildman–Crippen LogP) is 2.33. The summed E-state index contributed by atoms with van der Waals surface area (Å²) in [5, 5.41) is 5.67. The number of hydrogen-bond acceptors (Lipinski definition) is 5. The molecule has 1 aromatic carbocycles. The van der Waals surface area contributed by atoms with Crippen molar-refractivity contribution in [1.29, 1.82) is 0 Å². The van der Waals surface area contributed by atoms with Crippen molar-refractivity contribution >= 4 is 17.7 Å². The SMILES string of the molecule is CN1CCN(CCCNC(=O)Cc2ccc(NC(=O)OC(C)(C)C)cc2)CC1. The lowest BCUT2D eigenvalue weighted by Gasteiger charge is -2.32. The summed E-state index contributed by atoms with van der Waals surface area (Å²) in [5.41, 5.74) is 1.02. The summed E-state index contributed by atoms with van der Waals surface area (Å²) < 4.78 is 5.22. The van der Waals surface area contributed by atoms with E-state index >= 15 is 0 Å². The van der Waals surface area contributed by atoms with Crippen LogP contribution < -0.4 is 10.6 Å². The molecule has 0 aliphatic carbocycles. The van der Waals surface area contributed by atoms with Crippen molar-refractivity contribution in [1.82, 2.24) is 15.1 Å². The van der Waals surface area contributed by atoms with Gasteiger partial charge in [0.2, 0.25) is 5.91 Å². The normalized spacial score (nSPS) is 15.9. The topological polar surface area (TPSA) is 73.9 Å². The van der Waals surface area contributed by atoms with E-state index in [2.05, 4.69) is 27.5 Å². The summed E-state index contributed by atoms with van der Waals surface area (Å²) in [5.74, 6) is 0.0197. The highest BCUT2D eigenvalue weighted by atomic mass is 16.6. The van der Waals surface area contributed by atoms with Gasteiger partial charge in [0, 0.05) is 38.4 Å². The molecule has 1 fully saturated rings. The van der Waals surface area contributed by atoms with Gasteiger partial charge >= 0.3 is 6.09 Å². The van der Waals surface area contributed by atoms with E-state index < -0.39 is 11.7 Å². The average Bonchev–Trinajstić information content (AvgIpc) is 2.60. The molecule has 1 aliphatic rings. The summed E-state index contributed by atoms with van der Waals surface area (Å²) in [7, 11) is 2.15. The number of amides is 2. The van der Waals surface area contributed by atoms with E-state index in [1.807, 2.05) is 32.9 Å². The molecule has 0 aromatic heterocycles. The van der Waals surface area contributed by atoms with Gasteiger partial charge in [0.1, 0.15) is 5.60 Å². The number of piperazine rings is 1. The van der Waals surface area contributed by atoms with Gasteiger partial charge in [0.05, 0.1) is 6.42 Å². The number of carbonyl (C=O) groups is 2. The second kappa shape index (κ2) is 10.4. The number of anilines is 1. The zero-order valence-electron chi connectivity index (χ0n) is 17.6. The number of benzene rings is 1. The maximum Gasteiger partial charge on any atom is 0.412 e. The molecule has 0 saturated carbocycles. The van der Waals surface area contributed by atoms with Crippen LogP contribution in [0.1, 0.15) is 32.8 Å². The van der Waals surface area contributed by atoms with Crippen LogP contribution >= 0.6 is 0 Å². The van der Waals surface area contributed by atoms with Crippen molar-refractivity contribution in [2.45, 2.75) is 39.2 Å². The highest BCUT2D eigenvalue weighted by Crippen LogP contribution is 2.13. The van der Waals surface area contributed by atoms with Gasteiger partial charge in [0.15, 0.2) is 0 Å². The molecule has 7 nitrogen and oxygen atoms in total. The molecular weight excluding hydrogens is 356 g/mol. The smallest absolute Gasteiger partial charge is 0.412 e. The molecule has 2 rings (SSSR count). The molecule has 1 aromatic rings. The quantitative estimate of drug-likeness (QED) is 0.699. The predicted molar refractivity (Wildman–Crippen MR) is 112 cm³/mol. The van der Waals surface area contributed by atoms with E-state index in [0.717, 1.165) is 44.7 Å². The third-order valence-electron chi connectivity index (χ3n) is 4.53. The molecule has 2 amide bonds. The Hall–Kier alpha value is -2.12. The fourth-order valence-corrected chi connectivity index (χ4v) is 2.98. The first-order valence-corrected chi connectivity index (χ1v) is 9.98. The van der Waals surface area contributed by atoms with Gasteiger partial charge in [-0.15, -0.1) is 0 Å². The molecule has 0 spiro atoms. The molecule has 1 aliphatic heterocycles. The van der Waals surface area contributed by atoms with Crippen LogP contribution in [0.2, 0.25) is 0 Å². The van der Waals surface area contributed by atoms with Crippen LogP contribution in [0.15, 0.2) is 24.3 Å². The Labute approximate surface area is 168 Å². The lowest BCUT2D eigenvalue weighted by molar-refractivity contribution is -0.120. The van der Waals surface area contributed by atoms with Gasteiger partial charge in [-0.25, -0.2) is 4.79 Å². The first-order chi connectivity index (χ1) is 13.2. The minimum Gasteiger partial charge on any atom is -0.444 e. The van der Waals surface area contributed by atoms with Crippen LogP contribution in [0.3, 0.4) is 0 Å². The van der Waals surface area contributed by atoms with Crippen LogP contribution in [0.5, 0.6) is 0 Å². The highest BCUT2D eigenvalue weighted by molar-refractivity contribution is 5.85. The van der Waals surface area contributed by atoms with Gasteiger partial charge in [0.25, 0.3) is 0 Å². The third kappa shape index (κ3) is 8.71. The lowest BCUT2D eigenvalue weighted by Crippen LogP contribution is -2.45. The first kappa shape index (κ1) is 22.2. The number of ether oxygens (including phenoxy) is 1. The Morgan fingerprint density at radius 1 is 1.07 bits per heavy atom. The number of nitrogens with zero attached hydrogens (tertiary/aromatic N) is 2. The number of likely N-dealkylation sites (N-methyl/N-ethyl adjacent to an activating group) is 1. The van der Waals surface area contributed by atoms with Crippen LogP contribution in [-0.4, -0.2) is 73.7 Å². The van der Waals surface area contributed by atoms with Gasteiger partial charge < -0.3 is 19.9 Å². The van der Waals surface area contributed by atoms with Crippen molar-refractivity contribution in [3.05, 3.63) is 29.8 Å². The van der Waals surface area contributed by atoms with Crippen molar-refractivity contribution in [3.8, 4) is 0 Å². The summed E-state index contributed by atoms with van der Waals surface area (Å²) in [6.07, 6.45) is 0.813. The van der Waals surface area contributed by atoms with E-state index in [4.69, 9.17) is 4.74 Å². The number of nitrogens with one attached hydrogen (secondary N) is 2. The molecule has 0 atom stereocenters. The van der Waals surface area contributed by atoms with E-state index in [-0.39, 0.29) is 5.91 Å². The van der Waals surface area contributed by atoms with Crippen molar-refractivity contribution in [2.75, 3.05) is 51.6 Å². The van der Waals surface area contributed by atoms with Gasteiger partial charge in [-0.1, -0.05) is 12.1 Å². The molecule has 0 radical (unpaired) electrons. The molecule has 0 unspecified atom stereocenters. The molecule has 28 heavy (non-hydrogen) atoms. The van der Waals surface area contributed by atoms with Crippen molar-refractivity contribution in [3.63, 3.8) is 0 Å². The Morgan fingerprint density at radius 2 is 1.71 bits per heavy atom. The van der Waals surface area contributed by atoms with Crippen LogP contribution in [0, 0.1) is 0 Å². The second-order valence-corrected chi connectivity index (χ2v) is 8.35. The molecule has 2 N–H and O–H groups in total. The van der Waals surface area contributed by atoms with E-state index in [1.165, 1.54) is 0 Å². The fourth-order valence-electron chi connectivity index (χ4n) is 2.98. The van der Waals surface area contributed by atoms with Crippen molar-refractivity contribution in [2.24, 2.45) is 0 Å². The second-order valence-electron chi connectivity index (χ2n) is 8.35. The van der Waals surface area contributed by atoms with E-state index in [1.54, 1.807) is 12.1 Å². The first-order valence-electron chi connectivity index (χ1n) is 9.98. The average molecular weight is 391 g/mol. The third-order valence-corrected chi connectivity index (χ3v) is 4.53. The number of carbonyl (C=O) groups excluding carboxylic acids is 2. The van der Waals surface area contributed by atoms with Gasteiger partial charge in [-0.3, -0.25) is 10.1 Å². The maximum atomic E-state index is 12.1. The van der Waals surface area contributed by atoms with Crippen molar-refractivity contribution < 1.29 is 14.3 Å². The fraction of sp³-hybridized carbons (Fsp3) is 0.619. The molecule has 1 saturated heterocycles. The van der Waals surface area contributed by atoms with Crippen LogP contribution in [0.25, 0.3) is 0 Å². The summed E-state index contributed by atoms with van der Waals surface area (Å²) >= 11 is 0. The largest absolute Gasteiger partial charge is 0.444 e. The number of hydrogen-bond donors (Lipinski definition) is 2. The van der Waals surface area contributed by atoms with Crippen LogP contribution in [-0.2, 0) is 16.0 Å². The lowest BCUT2D eigenvalue weighted by atomic mass is 10.1. The summed E-state index contributed by atoms with van der Waals surface area (Å²) in [6, 6.07) is 7.24. The molecular formula is C21H34N4O3. The summed E-state index contributed by atoms with van der Waals surface area (Å²) in [6.45, 7) is 11.6. The Balaban J connectivity index is 1.64. The molecule has 0 bridgehead atoms. The number of rotatable bonds is 7. The van der Waals surface area contributed by atoms with Gasteiger partial charge in [-0.2, -0.15) is 0 Å². The highest BCUT2D eigenvalue weighted by Gasteiger charge is 2.16. The zero-order valence-corrected chi connectivity index (χ0v) is 17.6. The molecule has 1 heterocycles. The Morgan fingerprint density at radius 3 is 2.32 bits per heavy atom. The van der Waals surface area contributed by atoms with E-state index in [0.29, 0.717) is 18.7 Å². The minimum absolute atomic E-state index is 0.0197. The monoisotopic (exact) mass is 390 g/mol. The Bertz CT molecular complexity index is 632. The minimum atomic E-state index is -0.535. The Kier molecular flexibility index (Phi) is 8.26. The van der Waals surface area contributed by atoms with Gasteiger partial charge in [-0.05, 0) is 58.5 Å².